The second kappa shape index (κ2) is 8.15. The van der Waals surface area contributed by atoms with Gasteiger partial charge in [0.2, 0.25) is 11.8 Å². The Labute approximate surface area is 154 Å². The van der Waals surface area contributed by atoms with Crippen LogP contribution in [0.3, 0.4) is 0 Å². The van der Waals surface area contributed by atoms with Crippen molar-refractivity contribution >= 4 is 11.8 Å². The van der Waals surface area contributed by atoms with E-state index in [-0.39, 0.29) is 23.9 Å². The van der Waals surface area contributed by atoms with Crippen LogP contribution in [-0.2, 0) is 22.6 Å². The van der Waals surface area contributed by atoms with Gasteiger partial charge in [-0.3, -0.25) is 9.59 Å². The summed E-state index contributed by atoms with van der Waals surface area (Å²) in [7, 11) is 0. The smallest absolute Gasteiger partial charge is 0.242 e. The van der Waals surface area contributed by atoms with Gasteiger partial charge >= 0.3 is 0 Å². The minimum absolute atomic E-state index is 0.109. The standard InChI is InChI=1S/C21H25N3O2/c1-14(16-8-4-3-5-9-16)23-20(25)15(2)24-21(26)19-12-17-10-6-7-11-18(17)13-22-19/h3-11,14-15,19,22H,12-13H2,1-2H3,(H,23,25)(H,24,26)/t14-,15+,19-/m0/s1. The Hall–Kier alpha value is -2.66. The third-order valence-electron chi connectivity index (χ3n) is 4.81. The second-order valence-corrected chi connectivity index (χ2v) is 6.78. The van der Waals surface area contributed by atoms with Gasteiger partial charge in [-0.1, -0.05) is 54.6 Å². The van der Waals surface area contributed by atoms with Crippen LogP contribution in [-0.4, -0.2) is 23.9 Å². The van der Waals surface area contributed by atoms with Gasteiger partial charge in [0.15, 0.2) is 0 Å². The number of hydrogen-bond acceptors (Lipinski definition) is 3. The van der Waals surface area contributed by atoms with E-state index in [1.807, 2.05) is 55.5 Å². The Balaban J connectivity index is 1.53. The van der Waals surface area contributed by atoms with E-state index in [4.69, 9.17) is 0 Å². The largest absolute Gasteiger partial charge is 0.348 e. The highest BCUT2D eigenvalue weighted by atomic mass is 16.2. The molecule has 0 aromatic heterocycles. The molecule has 2 aromatic carbocycles. The summed E-state index contributed by atoms with van der Waals surface area (Å²) in [5.74, 6) is -0.333. The summed E-state index contributed by atoms with van der Waals surface area (Å²) in [6.45, 7) is 4.31. The SMILES string of the molecule is C[C@H](NC(=O)[C@@H](C)NC(=O)[C@@H]1Cc2ccccc2CN1)c1ccccc1. The Morgan fingerprint density at radius 1 is 0.962 bits per heavy atom. The fourth-order valence-corrected chi connectivity index (χ4v) is 3.18. The molecule has 3 rings (SSSR count). The van der Waals surface area contributed by atoms with Crippen LogP contribution in [0.25, 0.3) is 0 Å². The van der Waals surface area contributed by atoms with Crippen molar-refractivity contribution in [1.29, 1.82) is 0 Å². The normalized spacial score (nSPS) is 18.3. The number of rotatable bonds is 5. The maximum atomic E-state index is 12.5. The number of carbonyl (C=O) groups excluding carboxylic acids is 2. The highest BCUT2D eigenvalue weighted by Crippen LogP contribution is 2.16. The van der Waals surface area contributed by atoms with Crippen LogP contribution in [0.5, 0.6) is 0 Å². The first-order chi connectivity index (χ1) is 12.5. The van der Waals surface area contributed by atoms with Crippen LogP contribution in [0.4, 0.5) is 0 Å². The van der Waals surface area contributed by atoms with Crippen molar-refractivity contribution in [3.05, 3.63) is 71.3 Å². The summed E-state index contributed by atoms with van der Waals surface area (Å²) >= 11 is 0. The minimum Gasteiger partial charge on any atom is -0.348 e. The van der Waals surface area contributed by atoms with Crippen molar-refractivity contribution in [2.75, 3.05) is 0 Å². The molecule has 0 spiro atoms. The van der Waals surface area contributed by atoms with Gasteiger partial charge in [-0.25, -0.2) is 0 Å². The van der Waals surface area contributed by atoms with Gasteiger partial charge in [0, 0.05) is 6.54 Å². The number of benzene rings is 2. The molecule has 5 nitrogen and oxygen atoms in total. The van der Waals surface area contributed by atoms with E-state index in [1.165, 1.54) is 11.1 Å². The Morgan fingerprint density at radius 2 is 1.62 bits per heavy atom. The number of hydrogen-bond donors (Lipinski definition) is 3. The average Bonchev–Trinajstić information content (AvgIpc) is 2.68. The van der Waals surface area contributed by atoms with E-state index in [0.29, 0.717) is 13.0 Å². The zero-order chi connectivity index (χ0) is 18.5. The topological polar surface area (TPSA) is 70.2 Å². The van der Waals surface area contributed by atoms with Gasteiger partial charge in [0.1, 0.15) is 6.04 Å². The lowest BCUT2D eigenvalue weighted by Gasteiger charge is -2.27. The van der Waals surface area contributed by atoms with Crippen LogP contribution in [0, 0.1) is 0 Å². The Kier molecular flexibility index (Phi) is 5.68. The fraction of sp³-hybridized carbons (Fsp3) is 0.333. The molecule has 2 aromatic rings. The van der Waals surface area contributed by atoms with Crippen LogP contribution >= 0.6 is 0 Å². The van der Waals surface area contributed by atoms with Crippen molar-refractivity contribution < 1.29 is 9.59 Å². The maximum Gasteiger partial charge on any atom is 0.242 e. The summed E-state index contributed by atoms with van der Waals surface area (Å²) in [4.78, 5) is 24.9. The molecular formula is C21H25N3O2. The molecule has 26 heavy (non-hydrogen) atoms. The van der Waals surface area contributed by atoms with E-state index in [0.717, 1.165) is 5.56 Å². The summed E-state index contributed by atoms with van der Waals surface area (Å²) in [5.41, 5.74) is 3.44. The quantitative estimate of drug-likeness (QED) is 0.772. The second-order valence-electron chi connectivity index (χ2n) is 6.78. The first-order valence-electron chi connectivity index (χ1n) is 9.00. The number of amides is 2. The molecule has 3 N–H and O–H groups in total. The zero-order valence-electron chi connectivity index (χ0n) is 15.2. The van der Waals surface area contributed by atoms with Crippen molar-refractivity contribution in [3.8, 4) is 0 Å². The van der Waals surface area contributed by atoms with Gasteiger partial charge in [0.05, 0.1) is 12.1 Å². The molecular weight excluding hydrogens is 326 g/mol. The first-order valence-corrected chi connectivity index (χ1v) is 9.00. The number of carbonyl (C=O) groups is 2. The van der Waals surface area contributed by atoms with Crippen molar-refractivity contribution in [3.63, 3.8) is 0 Å². The molecule has 0 unspecified atom stereocenters. The van der Waals surface area contributed by atoms with Crippen molar-refractivity contribution in [1.82, 2.24) is 16.0 Å². The first kappa shape index (κ1) is 18.1. The zero-order valence-corrected chi connectivity index (χ0v) is 15.2. The van der Waals surface area contributed by atoms with Crippen LogP contribution in [0.2, 0.25) is 0 Å². The molecule has 3 atom stereocenters. The molecule has 1 heterocycles. The predicted octanol–water partition coefficient (Wildman–Crippen LogP) is 2.08. The van der Waals surface area contributed by atoms with Gasteiger partial charge in [-0.05, 0) is 37.0 Å². The van der Waals surface area contributed by atoms with Gasteiger partial charge in [-0.2, -0.15) is 0 Å². The van der Waals surface area contributed by atoms with E-state index >= 15 is 0 Å². The van der Waals surface area contributed by atoms with Crippen molar-refractivity contribution in [2.45, 2.75) is 44.9 Å². The maximum absolute atomic E-state index is 12.5. The molecule has 136 valence electrons. The molecule has 0 fully saturated rings. The predicted molar refractivity (Wildman–Crippen MR) is 101 cm³/mol. The van der Waals surface area contributed by atoms with Gasteiger partial charge in [-0.15, -0.1) is 0 Å². The summed E-state index contributed by atoms with van der Waals surface area (Å²) in [6, 6.07) is 16.9. The van der Waals surface area contributed by atoms with E-state index in [1.54, 1.807) is 6.92 Å². The van der Waals surface area contributed by atoms with Crippen LogP contribution in [0.1, 0.15) is 36.6 Å². The number of fused-ring (bicyclic) bond motifs is 1. The lowest BCUT2D eigenvalue weighted by atomic mass is 9.95. The molecule has 2 amide bonds. The molecule has 1 aliphatic heterocycles. The van der Waals surface area contributed by atoms with E-state index < -0.39 is 6.04 Å². The van der Waals surface area contributed by atoms with Crippen LogP contribution in [0.15, 0.2) is 54.6 Å². The number of nitrogens with one attached hydrogen (secondary N) is 3. The molecule has 0 radical (unpaired) electrons. The molecule has 0 bridgehead atoms. The molecule has 1 aliphatic rings. The Bertz CT molecular complexity index is 776. The van der Waals surface area contributed by atoms with Crippen LogP contribution < -0.4 is 16.0 Å². The highest BCUT2D eigenvalue weighted by molar-refractivity contribution is 5.90. The minimum atomic E-state index is -0.590. The highest BCUT2D eigenvalue weighted by Gasteiger charge is 2.26. The third-order valence-corrected chi connectivity index (χ3v) is 4.81. The Morgan fingerprint density at radius 3 is 2.35 bits per heavy atom. The lowest BCUT2D eigenvalue weighted by molar-refractivity contribution is -0.130. The molecule has 0 aliphatic carbocycles. The van der Waals surface area contributed by atoms with E-state index in [9.17, 15) is 9.59 Å². The van der Waals surface area contributed by atoms with Crippen molar-refractivity contribution in [2.24, 2.45) is 0 Å². The lowest BCUT2D eigenvalue weighted by Crippen LogP contribution is -2.53. The molecule has 5 heteroatoms. The fourth-order valence-electron chi connectivity index (χ4n) is 3.18. The summed E-state index contributed by atoms with van der Waals surface area (Å²) < 4.78 is 0. The third kappa shape index (κ3) is 4.29. The summed E-state index contributed by atoms with van der Waals surface area (Å²) in [5, 5.41) is 9.01. The van der Waals surface area contributed by atoms with Gasteiger partial charge in [0.25, 0.3) is 0 Å². The molecule has 0 saturated carbocycles. The monoisotopic (exact) mass is 351 g/mol. The molecule has 0 saturated heterocycles. The average molecular weight is 351 g/mol. The summed E-state index contributed by atoms with van der Waals surface area (Å²) in [6.07, 6.45) is 0.636. The van der Waals surface area contributed by atoms with E-state index in [2.05, 4.69) is 22.0 Å². The van der Waals surface area contributed by atoms with Gasteiger partial charge < -0.3 is 16.0 Å².